The van der Waals surface area contributed by atoms with Gasteiger partial charge in [0.2, 0.25) is 5.91 Å². The van der Waals surface area contributed by atoms with Crippen molar-refractivity contribution < 1.29 is 19.1 Å². The van der Waals surface area contributed by atoms with Gasteiger partial charge in [0.15, 0.2) is 0 Å². The minimum Gasteiger partial charge on any atom is -0.496 e. The van der Waals surface area contributed by atoms with E-state index in [-0.39, 0.29) is 10.7 Å². The highest BCUT2D eigenvalue weighted by Gasteiger charge is 2.61. The molecule has 2 fully saturated rings. The third-order valence-electron chi connectivity index (χ3n) is 6.15. The predicted octanol–water partition coefficient (Wildman–Crippen LogP) is 5.02. The number of amides is 3. The second kappa shape index (κ2) is 9.28. The van der Waals surface area contributed by atoms with Crippen LogP contribution in [0.4, 0.5) is 5.69 Å². The van der Waals surface area contributed by atoms with Crippen molar-refractivity contribution in [2.24, 2.45) is 5.92 Å². The summed E-state index contributed by atoms with van der Waals surface area (Å²) in [7, 11) is 1.52. The summed E-state index contributed by atoms with van der Waals surface area (Å²) in [5.74, 6) is -1.84. The maximum Gasteiger partial charge on any atom is 0.268 e. The number of anilines is 1. The Morgan fingerprint density at radius 2 is 1.77 bits per heavy atom. The van der Waals surface area contributed by atoms with Crippen LogP contribution in [0.3, 0.4) is 0 Å². The van der Waals surface area contributed by atoms with Gasteiger partial charge < -0.3 is 4.74 Å². The van der Waals surface area contributed by atoms with Crippen molar-refractivity contribution in [1.29, 1.82) is 0 Å². The first-order valence-corrected chi connectivity index (χ1v) is 12.2. The van der Waals surface area contributed by atoms with Crippen molar-refractivity contribution in [3.8, 4) is 5.75 Å². The van der Waals surface area contributed by atoms with E-state index in [4.69, 9.17) is 27.9 Å². The topological polar surface area (TPSA) is 79.0 Å². The number of fused-ring (bicyclic) bond motifs is 1. The molecule has 1 N–H and O–H groups in total. The molecule has 7 nitrogen and oxygen atoms in total. The largest absolute Gasteiger partial charge is 0.496 e. The number of para-hydroxylation sites is 1. The van der Waals surface area contributed by atoms with Crippen molar-refractivity contribution in [2.75, 3.05) is 12.0 Å². The first-order chi connectivity index (χ1) is 16.8. The Kier molecular flexibility index (Phi) is 6.31. The van der Waals surface area contributed by atoms with E-state index in [2.05, 4.69) is 21.4 Å². The fourth-order valence-electron chi connectivity index (χ4n) is 4.62. The number of hydrazine groups is 1. The molecule has 0 aliphatic carbocycles. The molecule has 0 radical (unpaired) electrons. The highest BCUT2D eigenvalue weighted by atomic mass is 79.9. The number of nitrogens with one attached hydrogen (secondary N) is 1. The molecule has 10 heteroatoms. The van der Waals surface area contributed by atoms with Gasteiger partial charge in [-0.05, 0) is 42.5 Å². The first-order valence-electron chi connectivity index (χ1n) is 10.6. The Balaban J connectivity index is 1.62. The Labute approximate surface area is 219 Å². The maximum atomic E-state index is 13.8. The van der Waals surface area contributed by atoms with E-state index >= 15 is 0 Å². The average Bonchev–Trinajstić information content (AvgIpc) is 3.35. The van der Waals surface area contributed by atoms with Crippen LogP contribution >= 0.6 is 39.1 Å². The van der Waals surface area contributed by atoms with Crippen LogP contribution in [0.2, 0.25) is 10.0 Å². The van der Waals surface area contributed by atoms with E-state index in [0.717, 1.165) is 4.90 Å². The second-order valence-electron chi connectivity index (χ2n) is 8.11. The minimum absolute atomic E-state index is 0.158. The molecule has 178 valence electrons. The molecule has 2 saturated heterocycles. The van der Waals surface area contributed by atoms with E-state index in [9.17, 15) is 14.4 Å². The summed E-state index contributed by atoms with van der Waals surface area (Å²) in [5, 5.41) is 1.78. The van der Waals surface area contributed by atoms with Crippen LogP contribution < -0.4 is 15.1 Å². The zero-order chi connectivity index (χ0) is 24.9. The number of methoxy groups -OCH3 is 1. The summed E-state index contributed by atoms with van der Waals surface area (Å²) >= 11 is 15.8. The van der Waals surface area contributed by atoms with Gasteiger partial charge >= 0.3 is 0 Å². The van der Waals surface area contributed by atoms with Crippen LogP contribution in [-0.4, -0.2) is 35.9 Å². The van der Waals surface area contributed by atoms with Gasteiger partial charge in [0.1, 0.15) is 11.8 Å². The zero-order valence-corrected chi connectivity index (χ0v) is 21.3. The minimum atomic E-state index is -1.09. The number of carbonyl (C=O) groups excluding carboxylic acids is 3. The van der Waals surface area contributed by atoms with Gasteiger partial charge in [-0.15, -0.1) is 0 Å². The SMILES string of the molecule is COc1ccccc1[C@@H]1NN(C(=O)c2cccc(Br)c2)[C@@H]2C(=O)N(c3ccc(Cl)cc3Cl)C(=O)[C@H]21. The number of hydrogen-bond donors (Lipinski definition) is 1. The molecule has 2 aliphatic heterocycles. The molecular formula is C25H18BrCl2N3O4. The van der Waals surface area contributed by atoms with Gasteiger partial charge in [0.25, 0.3) is 11.8 Å². The van der Waals surface area contributed by atoms with Crippen LogP contribution in [0.1, 0.15) is 22.0 Å². The van der Waals surface area contributed by atoms with E-state index in [1.165, 1.54) is 24.3 Å². The molecule has 35 heavy (non-hydrogen) atoms. The number of carbonyl (C=O) groups is 3. The molecule has 0 unspecified atom stereocenters. The summed E-state index contributed by atoms with van der Waals surface area (Å²) in [5.41, 5.74) is 4.35. The summed E-state index contributed by atoms with van der Waals surface area (Å²) in [6.07, 6.45) is 0. The normalized spacial score (nSPS) is 21.4. The van der Waals surface area contributed by atoms with Crippen LogP contribution in [0, 0.1) is 5.92 Å². The zero-order valence-electron chi connectivity index (χ0n) is 18.2. The average molecular weight is 575 g/mol. The van der Waals surface area contributed by atoms with Crippen LogP contribution in [-0.2, 0) is 9.59 Å². The van der Waals surface area contributed by atoms with Crippen molar-refractivity contribution in [2.45, 2.75) is 12.1 Å². The quantitative estimate of drug-likeness (QED) is 0.442. The summed E-state index contributed by atoms with van der Waals surface area (Å²) in [4.78, 5) is 42.1. The lowest BCUT2D eigenvalue weighted by molar-refractivity contribution is -0.123. The molecule has 3 amide bonds. The number of imide groups is 1. The van der Waals surface area contributed by atoms with Crippen molar-refractivity contribution in [3.63, 3.8) is 0 Å². The number of rotatable bonds is 4. The van der Waals surface area contributed by atoms with Gasteiger partial charge in [0, 0.05) is 20.6 Å². The van der Waals surface area contributed by atoms with E-state index in [1.54, 1.807) is 48.5 Å². The third kappa shape index (κ3) is 4.00. The third-order valence-corrected chi connectivity index (χ3v) is 7.18. The van der Waals surface area contributed by atoms with Crippen LogP contribution in [0.5, 0.6) is 5.75 Å². The Morgan fingerprint density at radius 1 is 1.00 bits per heavy atom. The highest BCUT2D eigenvalue weighted by molar-refractivity contribution is 9.10. The number of ether oxygens (including phenoxy) is 1. The molecule has 5 rings (SSSR count). The van der Waals surface area contributed by atoms with E-state index in [1.807, 2.05) is 6.07 Å². The van der Waals surface area contributed by atoms with Gasteiger partial charge in [-0.25, -0.2) is 10.3 Å². The molecule has 3 aromatic carbocycles. The van der Waals surface area contributed by atoms with Gasteiger partial charge in [-0.2, -0.15) is 0 Å². The molecule has 0 saturated carbocycles. The molecular weight excluding hydrogens is 557 g/mol. The number of benzene rings is 3. The van der Waals surface area contributed by atoms with Gasteiger partial charge in [-0.3, -0.25) is 19.4 Å². The lowest BCUT2D eigenvalue weighted by Crippen LogP contribution is -2.48. The standard InChI is InChI=1S/C25H18BrCl2N3O4/c1-35-19-8-3-2-7-16(19)21-20-22(31(29-21)23(32)13-5-4-6-14(26)11-13)25(34)30(24(20)33)18-10-9-15(27)12-17(18)28/h2-12,20-22,29H,1H3/t20-,21-,22-/m0/s1. The Morgan fingerprint density at radius 3 is 2.49 bits per heavy atom. The van der Waals surface area contributed by atoms with E-state index in [0.29, 0.717) is 26.4 Å². The second-order valence-corrected chi connectivity index (χ2v) is 9.87. The summed E-state index contributed by atoms with van der Waals surface area (Å²) in [6.45, 7) is 0. The first kappa shape index (κ1) is 23.8. The van der Waals surface area contributed by atoms with Crippen LogP contribution in [0.25, 0.3) is 0 Å². The lowest BCUT2D eigenvalue weighted by atomic mass is 9.90. The smallest absolute Gasteiger partial charge is 0.268 e. The summed E-state index contributed by atoms with van der Waals surface area (Å²) in [6, 6.07) is 16.8. The summed E-state index contributed by atoms with van der Waals surface area (Å²) < 4.78 is 6.22. The van der Waals surface area contributed by atoms with E-state index < -0.39 is 35.7 Å². The molecule has 3 atom stereocenters. The molecule has 3 aromatic rings. The van der Waals surface area contributed by atoms with Gasteiger partial charge in [-0.1, -0.05) is 63.4 Å². The van der Waals surface area contributed by atoms with Gasteiger partial charge in [0.05, 0.1) is 29.8 Å². The maximum absolute atomic E-state index is 13.8. The molecule has 2 aliphatic rings. The molecule has 2 heterocycles. The Hall–Kier alpha value is -2.91. The number of hydrogen-bond acceptors (Lipinski definition) is 5. The fraction of sp³-hybridized carbons (Fsp3) is 0.160. The van der Waals surface area contributed by atoms with Crippen molar-refractivity contribution >= 4 is 62.5 Å². The Bertz CT molecular complexity index is 1370. The lowest BCUT2D eigenvalue weighted by Gasteiger charge is -2.26. The number of halogens is 3. The van der Waals surface area contributed by atoms with Crippen LogP contribution in [0.15, 0.2) is 71.2 Å². The van der Waals surface area contributed by atoms with Crippen molar-refractivity contribution in [3.05, 3.63) is 92.4 Å². The molecule has 0 aromatic heterocycles. The monoisotopic (exact) mass is 573 g/mol. The highest BCUT2D eigenvalue weighted by Crippen LogP contribution is 2.45. The molecule has 0 bridgehead atoms. The fourth-order valence-corrected chi connectivity index (χ4v) is 5.51. The van der Waals surface area contributed by atoms with Crippen molar-refractivity contribution in [1.82, 2.24) is 10.4 Å². The number of nitrogens with zero attached hydrogens (tertiary/aromatic N) is 2. The predicted molar refractivity (Wildman–Crippen MR) is 135 cm³/mol. The molecule has 0 spiro atoms.